The number of hydrogen-bond donors (Lipinski definition) is 1. The van der Waals surface area contributed by atoms with Crippen molar-refractivity contribution in [1.29, 1.82) is 0 Å². The zero-order chi connectivity index (χ0) is 17.2. The summed E-state index contributed by atoms with van der Waals surface area (Å²) in [6, 6.07) is 6.17. The number of nitrogens with one attached hydrogen (secondary N) is 1. The van der Waals surface area contributed by atoms with Crippen LogP contribution in [0.15, 0.2) is 40.6 Å². The van der Waals surface area contributed by atoms with Crippen LogP contribution in [0.2, 0.25) is 0 Å². The lowest BCUT2D eigenvalue weighted by Crippen LogP contribution is -2.44. The fourth-order valence-corrected chi connectivity index (χ4v) is 5.01. The Balaban J connectivity index is 1.84. The summed E-state index contributed by atoms with van der Waals surface area (Å²) in [5.41, 5.74) is -0.356. The first-order chi connectivity index (χ1) is 11.4. The largest absolute Gasteiger partial charge is 0.381 e. The molecule has 1 aromatic carbocycles. The van der Waals surface area contributed by atoms with Gasteiger partial charge in [0.05, 0.1) is 4.90 Å². The van der Waals surface area contributed by atoms with Gasteiger partial charge in [-0.1, -0.05) is 6.07 Å². The summed E-state index contributed by atoms with van der Waals surface area (Å²) >= 11 is 1.57. The molecule has 0 spiro atoms. The molecule has 0 bridgehead atoms. The monoisotopic (exact) mass is 373 g/mol. The molecule has 0 aliphatic carbocycles. The predicted octanol–water partition coefficient (Wildman–Crippen LogP) is 3.05. The summed E-state index contributed by atoms with van der Waals surface area (Å²) < 4.78 is 59.4. The van der Waals surface area contributed by atoms with Crippen LogP contribution in [0.5, 0.6) is 0 Å². The minimum atomic E-state index is -4.00. The molecular weight excluding hydrogens is 356 g/mol. The third-order valence-corrected chi connectivity index (χ3v) is 6.74. The Morgan fingerprint density at radius 3 is 2.42 bits per heavy atom. The number of halogens is 2. The van der Waals surface area contributed by atoms with Gasteiger partial charge in [-0.25, -0.2) is 21.9 Å². The van der Waals surface area contributed by atoms with Crippen molar-refractivity contribution < 1.29 is 21.9 Å². The normalized spacial score (nSPS) is 17.8. The quantitative estimate of drug-likeness (QED) is 0.876. The number of rotatable bonds is 5. The number of benzene rings is 1. The van der Waals surface area contributed by atoms with Crippen LogP contribution in [0, 0.1) is 11.6 Å². The van der Waals surface area contributed by atoms with Crippen LogP contribution >= 0.6 is 11.3 Å². The predicted molar refractivity (Wildman–Crippen MR) is 87.6 cm³/mol. The van der Waals surface area contributed by atoms with Crippen molar-refractivity contribution >= 4 is 21.4 Å². The Kier molecular flexibility index (Phi) is 5.00. The van der Waals surface area contributed by atoms with Gasteiger partial charge in [0.2, 0.25) is 10.0 Å². The highest BCUT2D eigenvalue weighted by molar-refractivity contribution is 7.89. The van der Waals surface area contributed by atoms with Crippen LogP contribution in [0.4, 0.5) is 8.78 Å². The lowest BCUT2D eigenvalue weighted by atomic mass is 9.79. The molecule has 3 rings (SSSR count). The molecular formula is C16H17F2NO3S2. The van der Waals surface area contributed by atoms with E-state index in [1.165, 1.54) is 0 Å². The minimum absolute atomic E-state index is 0.164. The molecule has 2 aromatic rings. The van der Waals surface area contributed by atoms with E-state index in [4.69, 9.17) is 4.74 Å². The van der Waals surface area contributed by atoms with Gasteiger partial charge >= 0.3 is 0 Å². The van der Waals surface area contributed by atoms with Crippen LogP contribution in [0.3, 0.4) is 0 Å². The third kappa shape index (κ3) is 3.66. The Morgan fingerprint density at radius 2 is 1.83 bits per heavy atom. The van der Waals surface area contributed by atoms with Gasteiger partial charge in [0.25, 0.3) is 0 Å². The second kappa shape index (κ2) is 6.87. The molecule has 1 N–H and O–H groups in total. The smallest absolute Gasteiger partial charge is 0.240 e. The summed E-state index contributed by atoms with van der Waals surface area (Å²) in [7, 11) is -4.00. The molecule has 0 unspecified atom stereocenters. The maximum absolute atomic E-state index is 13.3. The molecule has 24 heavy (non-hydrogen) atoms. The molecule has 1 fully saturated rings. The lowest BCUT2D eigenvalue weighted by molar-refractivity contribution is 0.0529. The maximum Gasteiger partial charge on any atom is 0.240 e. The zero-order valence-electron chi connectivity index (χ0n) is 12.8. The SMILES string of the molecule is O=S(=O)(NCC1(c2cccs2)CCOCC1)c1cc(F)cc(F)c1. The first kappa shape index (κ1) is 17.5. The van der Waals surface area contributed by atoms with Crippen LogP contribution in [0.1, 0.15) is 17.7 Å². The Labute approximate surface area is 143 Å². The Morgan fingerprint density at radius 1 is 1.17 bits per heavy atom. The fraction of sp³-hybridized carbons (Fsp3) is 0.375. The van der Waals surface area contributed by atoms with Crippen molar-refractivity contribution in [2.45, 2.75) is 23.2 Å². The number of hydrogen-bond acceptors (Lipinski definition) is 4. The molecule has 4 nitrogen and oxygen atoms in total. The van der Waals surface area contributed by atoms with Crippen molar-refractivity contribution in [3.63, 3.8) is 0 Å². The van der Waals surface area contributed by atoms with E-state index in [2.05, 4.69) is 4.72 Å². The molecule has 1 saturated heterocycles. The van der Waals surface area contributed by atoms with E-state index in [0.29, 0.717) is 32.1 Å². The molecule has 0 atom stereocenters. The molecule has 0 saturated carbocycles. The van der Waals surface area contributed by atoms with Crippen LogP contribution < -0.4 is 4.72 Å². The third-order valence-electron chi connectivity index (χ3n) is 4.24. The van der Waals surface area contributed by atoms with Crippen molar-refractivity contribution in [3.8, 4) is 0 Å². The van der Waals surface area contributed by atoms with Gasteiger partial charge in [0.15, 0.2) is 0 Å². The van der Waals surface area contributed by atoms with Crippen molar-refractivity contribution in [3.05, 3.63) is 52.2 Å². The highest BCUT2D eigenvalue weighted by atomic mass is 32.2. The van der Waals surface area contributed by atoms with Gasteiger partial charge in [0.1, 0.15) is 11.6 Å². The van der Waals surface area contributed by atoms with Crippen molar-refractivity contribution in [1.82, 2.24) is 4.72 Å². The second-order valence-corrected chi connectivity index (χ2v) is 8.51. The number of sulfonamides is 1. The van der Waals surface area contributed by atoms with E-state index in [1.54, 1.807) is 11.3 Å². The molecule has 1 aromatic heterocycles. The standard InChI is InChI=1S/C16H17F2NO3S2/c17-12-8-13(18)10-14(9-12)24(20,21)19-11-16(3-5-22-6-4-16)15-2-1-7-23-15/h1-2,7-10,19H,3-6,11H2. The number of ether oxygens (including phenoxy) is 1. The second-order valence-electron chi connectivity index (χ2n) is 5.80. The molecule has 0 amide bonds. The van der Waals surface area contributed by atoms with Crippen molar-refractivity contribution in [2.24, 2.45) is 0 Å². The zero-order valence-corrected chi connectivity index (χ0v) is 14.4. The van der Waals surface area contributed by atoms with Crippen LogP contribution in [0.25, 0.3) is 0 Å². The van der Waals surface area contributed by atoms with Crippen molar-refractivity contribution in [2.75, 3.05) is 19.8 Å². The van der Waals surface area contributed by atoms with Gasteiger partial charge in [-0.2, -0.15) is 0 Å². The summed E-state index contributed by atoms with van der Waals surface area (Å²) in [6.07, 6.45) is 1.38. The highest BCUT2D eigenvalue weighted by Crippen LogP contribution is 2.37. The molecule has 8 heteroatoms. The average molecular weight is 373 g/mol. The lowest BCUT2D eigenvalue weighted by Gasteiger charge is -2.36. The maximum atomic E-state index is 13.3. The van der Waals surface area contributed by atoms with Crippen LogP contribution in [-0.2, 0) is 20.2 Å². The van der Waals surface area contributed by atoms with Gasteiger partial charge < -0.3 is 4.74 Å². The first-order valence-corrected chi connectivity index (χ1v) is 9.85. The number of thiophene rings is 1. The van der Waals surface area contributed by atoms with Gasteiger partial charge in [-0.05, 0) is 36.4 Å². The fourth-order valence-electron chi connectivity index (χ4n) is 2.85. The van der Waals surface area contributed by atoms with E-state index in [9.17, 15) is 17.2 Å². The molecule has 0 radical (unpaired) electrons. The van der Waals surface area contributed by atoms with E-state index in [1.807, 2.05) is 17.5 Å². The molecule has 2 heterocycles. The molecule has 130 valence electrons. The average Bonchev–Trinajstić information content (AvgIpc) is 3.08. The van der Waals surface area contributed by atoms with Gasteiger partial charge in [-0.15, -0.1) is 11.3 Å². The van der Waals surface area contributed by atoms with E-state index >= 15 is 0 Å². The van der Waals surface area contributed by atoms with E-state index in [-0.39, 0.29) is 12.0 Å². The molecule has 1 aliphatic heterocycles. The summed E-state index contributed by atoms with van der Waals surface area (Å²) in [4.78, 5) is 0.673. The summed E-state index contributed by atoms with van der Waals surface area (Å²) in [5.74, 6) is -1.84. The molecule has 1 aliphatic rings. The Bertz CT molecular complexity index is 780. The van der Waals surface area contributed by atoms with Gasteiger partial charge in [-0.3, -0.25) is 0 Å². The van der Waals surface area contributed by atoms with E-state index in [0.717, 1.165) is 17.0 Å². The first-order valence-electron chi connectivity index (χ1n) is 7.49. The summed E-state index contributed by atoms with van der Waals surface area (Å²) in [6.45, 7) is 1.26. The van der Waals surface area contributed by atoms with Gasteiger partial charge in [0, 0.05) is 36.1 Å². The minimum Gasteiger partial charge on any atom is -0.381 e. The van der Waals surface area contributed by atoms with Crippen LogP contribution in [-0.4, -0.2) is 28.2 Å². The Hall–Kier alpha value is -1.35. The summed E-state index contributed by atoms with van der Waals surface area (Å²) in [5, 5.41) is 1.95. The topological polar surface area (TPSA) is 55.4 Å². The van der Waals surface area contributed by atoms with E-state index < -0.39 is 26.6 Å². The highest BCUT2D eigenvalue weighted by Gasteiger charge is 2.36.